The molecular formula is C13H20N2O. The van der Waals surface area contributed by atoms with Crippen LogP contribution in [0, 0.1) is 11.3 Å². The van der Waals surface area contributed by atoms with Crippen LogP contribution >= 0.6 is 0 Å². The van der Waals surface area contributed by atoms with Crippen LogP contribution in [-0.4, -0.2) is 5.91 Å². The predicted molar refractivity (Wildman–Crippen MR) is 64.2 cm³/mol. The van der Waals surface area contributed by atoms with Gasteiger partial charge in [0.15, 0.2) is 0 Å². The monoisotopic (exact) mass is 220 g/mol. The van der Waals surface area contributed by atoms with Crippen LogP contribution in [0.2, 0.25) is 0 Å². The Morgan fingerprint density at radius 3 is 2.56 bits per heavy atom. The maximum Gasteiger partial charge on any atom is 0.244 e. The van der Waals surface area contributed by atoms with Gasteiger partial charge < -0.3 is 0 Å². The molecule has 2 rings (SSSR count). The second-order valence-electron chi connectivity index (χ2n) is 4.84. The largest absolute Gasteiger partial charge is 0.293 e. The lowest BCUT2D eigenvalue weighted by molar-refractivity contribution is -0.131. The topological polar surface area (TPSA) is 55.1 Å². The summed E-state index contributed by atoms with van der Waals surface area (Å²) >= 11 is 0. The van der Waals surface area contributed by atoms with E-state index in [-0.39, 0.29) is 11.3 Å². The summed E-state index contributed by atoms with van der Waals surface area (Å²) in [5.74, 6) is 5.76. The van der Waals surface area contributed by atoms with Crippen molar-refractivity contribution >= 4 is 5.91 Å². The first-order valence-electron chi connectivity index (χ1n) is 6.15. The summed E-state index contributed by atoms with van der Waals surface area (Å²) in [7, 11) is 0. The van der Waals surface area contributed by atoms with Crippen molar-refractivity contribution in [1.29, 1.82) is 0 Å². The Kier molecular flexibility index (Phi) is 3.44. The molecular weight excluding hydrogens is 200 g/mol. The molecule has 0 aromatic rings. The van der Waals surface area contributed by atoms with E-state index in [0.717, 1.165) is 19.3 Å². The summed E-state index contributed by atoms with van der Waals surface area (Å²) in [4.78, 5) is 12.1. The molecule has 0 saturated heterocycles. The highest BCUT2D eigenvalue weighted by atomic mass is 16.2. The van der Waals surface area contributed by atoms with Crippen LogP contribution in [0.3, 0.4) is 0 Å². The molecule has 1 atom stereocenters. The second kappa shape index (κ2) is 4.83. The molecule has 1 saturated carbocycles. The average Bonchev–Trinajstić information content (AvgIpc) is 2.39. The third kappa shape index (κ3) is 1.92. The van der Waals surface area contributed by atoms with Crippen LogP contribution in [-0.2, 0) is 4.79 Å². The summed E-state index contributed by atoms with van der Waals surface area (Å²) in [6.45, 7) is 0. The van der Waals surface area contributed by atoms with Crippen molar-refractivity contribution in [3.05, 3.63) is 24.3 Å². The number of carbonyl (C=O) groups excluding carboxylic acids is 1. The maximum absolute atomic E-state index is 12.1. The highest BCUT2D eigenvalue weighted by molar-refractivity contribution is 5.85. The van der Waals surface area contributed by atoms with Gasteiger partial charge in [0.2, 0.25) is 5.91 Å². The average molecular weight is 220 g/mol. The van der Waals surface area contributed by atoms with Crippen LogP contribution in [0.1, 0.15) is 38.5 Å². The van der Waals surface area contributed by atoms with Gasteiger partial charge in [-0.25, -0.2) is 5.84 Å². The Balaban J connectivity index is 2.22. The summed E-state index contributed by atoms with van der Waals surface area (Å²) in [6.07, 6.45) is 15.0. The first-order valence-corrected chi connectivity index (χ1v) is 6.15. The summed E-state index contributed by atoms with van der Waals surface area (Å²) < 4.78 is 0. The number of rotatable bonds is 2. The molecule has 1 unspecified atom stereocenters. The predicted octanol–water partition coefficient (Wildman–Crippen LogP) is 2.06. The fraction of sp³-hybridized carbons (Fsp3) is 0.615. The molecule has 88 valence electrons. The zero-order chi connectivity index (χ0) is 11.4. The van der Waals surface area contributed by atoms with Gasteiger partial charge in [-0.2, -0.15) is 0 Å². The lowest BCUT2D eigenvalue weighted by Crippen LogP contribution is -2.48. The molecule has 2 aliphatic carbocycles. The Morgan fingerprint density at radius 1 is 1.25 bits per heavy atom. The number of hydrogen-bond donors (Lipinski definition) is 2. The van der Waals surface area contributed by atoms with Crippen molar-refractivity contribution < 1.29 is 4.79 Å². The van der Waals surface area contributed by atoms with Gasteiger partial charge in [0.05, 0.1) is 5.41 Å². The Hall–Kier alpha value is -1.09. The van der Waals surface area contributed by atoms with E-state index in [0.29, 0.717) is 5.92 Å². The number of carbonyl (C=O) groups is 1. The van der Waals surface area contributed by atoms with Crippen molar-refractivity contribution in [2.45, 2.75) is 38.5 Å². The zero-order valence-electron chi connectivity index (χ0n) is 9.61. The summed E-state index contributed by atoms with van der Waals surface area (Å²) in [5.41, 5.74) is 1.96. The van der Waals surface area contributed by atoms with Gasteiger partial charge in [-0.15, -0.1) is 0 Å². The first kappa shape index (κ1) is 11.4. The third-order valence-electron chi connectivity index (χ3n) is 3.98. The third-order valence-corrected chi connectivity index (χ3v) is 3.98. The number of amides is 1. The van der Waals surface area contributed by atoms with E-state index in [1.807, 2.05) is 18.2 Å². The number of allylic oxidation sites excluding steroid dienone is 3. The van der Waals surface area contributed by atoms with Crippen LogP contribution in [0.25, 0.3) is 0 Å². The molecule has 0 aromatic heterocycles. The van der Waals surface area contributed by atoms with Crippen molar-refractivity contribution in [3.8, 4) is 0 Å². The van der Waals surface area contributed by atoms with Gasteiger partial charge >= 0.3 is 0 Å². The number of nitrogens with one attached hydrogen (secondary N) is 1. The second-order valence-corrected chi connectivity index (χ2v) is 4.84. The molecule has 0 bridgehead atoms. The van der Waals surface area contributed by atoms with E-state index in [4.69, 9.17) is 5.84 Å². The number of nitrogens with two attached hydrogens (primary N) is 1. The van der Waals surface area contributed by atoms with Crippen molar-refractivity contribution in [1.82, 2.24) is 5.43 Å². The van der Waals surface area contributed by atoms with Crippen LogP contribution < -0.4 is 11.3 Å². The minimum Gasteiger partial charge on any atom is -0.293 e. The standard InChI is InChI=1S/C13H20N2O/c14-15-12(16)13(9-5-2-6-10-13)11-7-3-1-4-8-11/h2,5-6,9,11H,1,3-4,7-8,10,14H2,(H,15,16). The van der Waals surface area contributed by atoms with E-state index in [1.165, 1.54) is 19.3 Å². The van der Waals surface area contributed by atoms with E-state index in [9.17, 15) is 4.79 Å². The minimum atomic E-state index is -0.385. The normalized spacial score (nSPS) is 30.3. The Bertz CT molecular complexity index is 316. The molecule has 3 N–H and O–H groups in total. The molecule has 1 amide bonds. The smallest absolute Gasteiger partial charge is 0.244 e. The molecule has 3 heteroatoms. The molecule has 2 aliphatic rings. The number of hydrazine groups is 1. The molecule has 1 fully saturated rings. The van der Waals surface area contributed by atoms with E-state index in [1.54, 1.807) is 0 Å². The van der Waals surface area contributed by atoms with Gasteiger partial charge in [0.1, 0.15) is 0 Å². The lowest BCUT2D eigenvalue weighted by atomic mass is 9.65. The zero-order valence-corrected chi connectivity index (χ0v) is 9.61. The van der Waals surface area contributed by atoms with Crippen molar-refractivity contribution in [3.63, 3.8) is 0 Å². The van der Waals surface area contributed by atoms with Crippen LogP contribution in [0.4, 0.5) is 0 Å². The van der Waals surface area contributed by atoms with E-state index in [2.05, 4.69) is 11.5 Å². The van der Waals surface area contributed by atoms with Gasteiger partial charge in [0.25, 0.3) is 0 Å². The fourth-order valence-corrected chi connectivity index (χ4v) is 3.05. The molecule has 0 aromatic carbocycles. The molecule has 0 spiro atoms. The fourth-order valence-electron chi connectivity index (χ4n) is 3.05. The highest BCUT2D eigenvalue weighted by Gasteiger charge is 2.42. The van der Waals surface area contributed by atoms with Gasteiger partial charge in [-0.3, -0.25) is 10.2 Å². The number of hydrogen-bond acceptors (Lipinski definition) is 2. The van der Waals surface area contributed by atoms with Gasteiger partial charge in [-0.1, -0.05) is 43.6 Å². The van der Waals surface area contributed by atoms with Crippen molar-refractivity contribution in [2.75, 3.05) is 0 Å². The Morgan fingerprint density at radius 2 is 2.00 bits per heavy atom. The maximum atomic E-state index is 12.1. The van der Waals surface area contributed by atoms with E-state index >= 15 is 0 Å². The van der Waals surface area contributed by atoms with E-state index < -0.39 is 0 Å². The molecule has 0 radical (unpaired) electrons. The minimum absolute atomic E-state index is 0.0278. The summed E-state index contributed by atoms with van der Waals surface area (Å²) in [6, 6.07) is 0. The molecule has 16 heavy (non-hydrogen) atoms. The SMILES string of the molecule is NNC(=O)C1(C2CCCCC2)C=CC=CC1. The van der Waals surface area contributed by atoms with Gasteiger partial charge in [0, 0.05) is 0 Å². The quantitative estimate of drug-likeness (QED) is 0.425. The Labute approximate surface area is 96.7 Å². The van der Waals surface area contributed by atoms with Crippen molar-refractivity contribution in [2.24, 2.45) is 17.2 Å². The summed E-state index contributed by atoms with van der Waals surface area (Å²) in [5, 5.41) is 0. The first-order chi connectivity index (χ1) is 7.79. The van der Waals surface area contributed by atoms with Gasteiger partial charge in [-0.05, 0) is 25.2 Å². The van der Waals surface area contributed by atoms with Crippen LogP contribution in [0.15, 0.2) is 24.3 Å². The highest BCUT2D eigenvalue weighted by Crippen LogP contribution is 2.44. The van der Waals surface area contributed by atoms with Crippen LogP contribution in [0.5, 0.6) is 0 Å². The molecule has 0 aliphatic heterocycles. The lowest BCUT2D eigenvalue weighted by Gasteiger charge is -2.39. The molecule has 0 heterocycles. The molecule has 3 nitrogen and oxygen atoms in total.